The van der Waals surface area contributed by atoms with Gasteiger partial charge in [-0.15, -0.1) is 0 Å². The number of carbonyl (C=O) groups is 1. The molecule has 2 aliphatic carbocycles. The van der Waals surface area contributed by atoms with Crippen LogP contribution in [0.2, 0.25) is 0 Å². The standard InChI is InChI=1S/C26H36N2O2/c1-30-24-12-6-5-10-22(24)11-7-17-28-18-14-26(15-19-28)20-23(26)25(29)27-16-13-21-8-3-2-4-9-21/h5-8,10-12,23H,2-4,9,13-20H2,1H3,(H,27,29)/b11-7+/t23-/m0/s1. The Kier molecular flexibility index (Phi) is 6.93. The molecule has 30 heavy (non-hydrogen) atoms. The van der Waals surface area contributed by atoms with E-state index >= 15 is 0 Å². The lowest BCUT2D eigenvalue weighted by Crippen LogP contribution is -2.37. The van der Waals surface area contributed by atoms with E-state index in [9.17, 15) is 4.79 Å². The molecule has 1 atom stereocenters. The van der Waals surface area contributed by atoms with Gasteiger partial charge < -0.3 is 10.1 Å². The third-order valence-corrected chi connectivity index (χ3v) is 7.29. The van der Waals surface area contributed by atoms with Gasteiger partial charge in [0.05, 0.1) is 7.11 Å². The van der Waals surface area contributed by atoms with Crippen molar-refractivity contribution in [1.29, 1.82) is 0 Å². The molecule has 1 aromatic rings. The summed E-state index contributed by atoms with van der Waals surface area (Å²) in [7, 11) is 1.71. The van der Waals surface area contributed by atoms with E-state index in [1.165, 1.54) is 25.7 Å². The number of likely N-dealkylation sites (tertiary alicyclic amines) is 1. The molecule has 1 saturated heterocycles. The van der Waals surface area contributed by atoms with E-state index in [0.29, 0.717) is 5.91 Å². The Bertz CT molecular complexity index is 790. The summed E-state index contributed by atoms with van der Waals surface area (Å²) >= 11 is 0. The number of rotatable bonds is 8. The molecule has 1 aromatic carbocycles. The lowest BCUT2D eigenvalue weighted by Gasteiger charge is -2.32. The first kappa shape index (κ1) is 21.2. The average Bonchev–Trinajstić information content (AvgIpc) is 3.49. The van der Waals surface area contributed by atoms with E-state index in [1.54, 1.807) is 12.7 Å². The number of piperidine rings is 1. The largest absolute Gasteiger partial charge is 0.496 e. The summed E-state index contributed by atoms with van der Waals surface area (Å²) in [5, 5.41) is 3.22. The van der Waals surface area contributed by atoms with Crippen molar-refractivity contribution in [2.45, 2.75) is 51.4 Å². The Morgan fingerprint density at radius 3 is 2.87 bits per heavy atom. The molecule has 0 radical (unpaired) electrons. The average molecular weight is 409 g/mol. The molecule has 1 aliphatic heterocycles. The summed E-state index contributed by atoms with van der Waals surface area (Å²) in [6.07, 6.45) is 16.3. The van der Waals surface area contributed by atoms with E-state index in [4.69, 9.17) is 4.74 Å². The number of ether oxygens (including phenoxy) is 1. The molecule has 1 N–H and O–H groups in total. The zero-order chi connectivity index (χ0) is 20.8. The SMILES string of the molecule is COc1ccccc1/C=C/CN1CCC2(CC1)C[C@H]2C(=O)NCCC1=CCCCC1. The van der Waals surface area contributed by atoms with Crippen LogP contribution in [0.5, 0.6) is 5.75 Å². The highest BCUT2D eigenvalue weighted by atomic mass is 16.5. The van der Waals surface area contributed by atoms with Crippen LogP contribution in [0.25, 0.3) is 6.08 Å². The molecular weight excluding hydrogens is 372 g/mol. The molecule has 4 rings (SSSR count). The highest BCUT2D eigenvalue weighted by Crippen LogP contribution is 2.59. The Morgan fingerprint density at radius 2 is 2.10 bits per heavy atom. The zero-order valence-corrected chi connectivity index (χ0v) is 18.4. The first-order valence-corrected chi connectivity index (χ1v) is 11.7. The lowest BCUT2D eigenvalue weighted by atomic mass is 9.90. The minimum absolute atomic E-state index is 0.254. The van der Waals surface area contributed by atoms with Gasteiger partial charge in [0, 0.05) is 24.6 Å². The van der Waals surface area contributed by atoms with Gasteiger partial charge in [-0.05, 0) is 75.9 Å². The molecule has 162 valence electrons. The molecule has 4 heteroatoms. The molecule has 1 heterocycles. The second-order valence-corrected chi connectivity index (χ2v) is 9.21. The second kappa shape index (κ2) is 9.82. The lowest BCUT2D eigenvalue weighted by molar-refractivity contribution is -0.123. The third kappa shape index (κ3) is 5.15. The first-order chi connectivity index (χ1) is 14.7. The van der Waals surface area contributed by atoms with Crippen molar-refractivity contribution < 1.29 is 9.53 Å². The summed E-state index contributed by atoms with van der Waals surface area (Å²) < 4.78 is 5.41. The van der Waals surface area contributed by atoms with Crippen molar-refractivity contribution in [2.75, 3.05) is 33.3 Å². The van der Waals surface area contributed by atoms with Crippen molar-refractivity contribution in [3.8, 4) is 5.75 Å². The summed E-state index contributed by atoms with van der Waals surface area (Å²) in [5.74, 6) is 1.47. The van der Waals surface area contributed by atoms with Gasteiger partial charge in [-0.3, -0.25) is 9.69 Å². The van der Waals surface area contributed by atoms with Gasteiger partial charge in [0.15, 0.2) is 0 Å². The number of amides is 1. The molecule has 1 saturated carbocycles. The van der Waals surface area contributed by atoms with Crippen LogP contribution >= 0.6 is 0 Å². The highest BCUT2D eigenvalue weighted by molar-refractivity contribution is 5.82. The van der Waals surface area contributed by atoms with Crippen LogP contribution < -0.4 is 10.1 Å². The summed E-state index contributed by atoms with van der Waals surface area (Å²) in [6.45, 7) is 3.96. The van der Waals surface area contributed by atoms with Crippen LogP contribution in [-0.4, -0.2) is 44.1 Å². The predicted molar refractivity (Wildman–Crippen MR) is 122 cm³/mol. The number of benzene rings is 1. The van der Waals surface area contributed by atoms with E-state index in [0.717, 1.165) is 63.2 Å². The number of carbonyl (C=O) groups excluding carboxylic acids is 1. The van der Waals surface area contributed by atoms with E-state index in [2.05, 4.69) is 34.5 Å². The molecule has 1 spiro atoms. The maximum Gasteiger partial charge on any atom is 0.223 e. The highest BCUT2D eigenvalue weighted by Gasteiger charge is 2.58. The molecule has 2 fully saturated rings. The minimum atomic E-state index is 0.254. The normalized spacial score (nSPS) is 23.4. The number of para-hydroxylation sites is 1. The topological polar surface area (TPSA) is 41.6 Å². The van der Waals surface area contributed by atoms with Crippen LogP contribution in [-0.2, 0) is 4.79 Å². The smallest absolute Gasteiger partial charge is 0.223 e. The number of allylic oxidation sites excluding steroid dienone is 1. The molecule has 0 aromatic heterocycles. The van der Waals surface area contributed by atoms with Crippen LogP contribution in [0.1, 0.15) is 56.9 Å². The van der Waals surface area contributed by atoms with Crippen LogP contribution in [0.15, 0.2) is 42.0 Å². The molecule has 3 aliphatic rings. The van der Waals surface area contributed by atoms with E-state index in [-0.39, 0.29) is 11.3 Å². The summed E-state index contributed by atoms with van der Waals surface area (Å²) in [5.41, 5.74) is 2.95. The van der Waals surface area contributed by atoms with Crippen molar-refractivity contribution in [1.82, 2.24) is 10.2 Å². The number of nitrogens with zero attached hydrogens (tertiary/aromatic N) is 1. The fourth-order valence-electron chi connectivity index (χ4n) is 5.19. The minimum Gasteiger partial charge on any atom is -0.496 e. The Labute approximate surface area is 181 Å². The maximum absolute atomic E-state index is 12.6. The van der Waals surface area contributed by atoms with Crippen molar-refractivity contribution in [3.05, 3.63) is 47.6 Å². The Morgan fingerprint density at radius 1 is 1.27 bits per heavy atom. The summed E-state index contributed by atoms with van der Waals surface area (Å²) in [4.78, 5) is 15.1. The fourth-order valence-corrected chi connectivity index (χ4v) is 5.19. The fraction of sp³-hybridized carbons (Fsp3) is 0.577. The van der Waals surface area contributed by atoms with Gasteiger partial charge in [-0.1, -0.05) is 42.0 Å². The Hall–Kier alpha value is -2.07. The maximum atomic E-state index is 12.6. The number of hydrogen-bond donors (Lipinski definition) is 1. The van der Waals surface area contributed by atoms with Gasteiger partial charge >= 0.3 is 0 Å². The predicted octanol–water partition coefficient (Wildman–Crippen LogP) is 4.82. The van der Waals surface area contributed by atoms with Crippen LogP contribution in [0, 0.1) is 11.3 Å². The van der Waals surface area contributed by atoms with Crippen molar-refractivity contribution in [2.24, 2.45) is 11.3 Å². The molecule has 0 bridgehead atoms. The zero-order valence-electron chi connectivity index (χ0n) is 18.4. The number of methoxy groups -OCH3 is 1. The number of nitrogens with one attached hydrogen (secondary N) is 1. The molecule has 1 amide bonds. The van der Waals surface area contributed by atoms with Crippen LogP contribution in [0.4, 0.5) is 0 Å². The molecule has 0 unspecified atom stereocenters. The monoisotopic (exact) mass is 408 g/mol. The first-order valence-electron chi connectivity index (χ1n) is 11.7. The van der Waals surface area contributed by atoms with Crippen LogP contribution in [0.3, 0.4) is 0 Å². The van der Waals surface area contributed by atoms with Gasteiger partial charge in [-0.25, -0.2) is 0 Å². The second-order valence-electron chi connectivity index (χ2n) is 9.21. The van der Waals surface area contributed by atoms with Gasteiger partial charge in [-0.2, -0.15) is 0 Å². The van der Waals surface area contributed by atoms with Gasteiger partial charge in [0.2, 0.25) is 5.91 Å². The Balaban J connectivity index is 1.17. The number of hydrogen-bond acceptors (Lipinski definition) is 3. The van der Waals surface area contributed by atoms with E-state index in [1.807, 2.05) is 18.2 Å². The quantitative estimate of drug-likeness (QED) is 0.627. The van der Waals surface area contributed by atoms with Crippen molar-refractivity contribution >= 4 is 12.0 Å². The third-order valence-electron chi connectivity index (χ3n) is 7.29. The molecular formula is C26H36N2O2. The van der Waals surface area contributed by atoms with Gasteiger partial charge in [0.25, 0.3) is 0 Å². The van der Waals surface area contributed by atoms with E-state index < -0.39 is 0 Å². The summed E-state index contributed by atoms with van der Waals surface area (Å²) in [6, 6.07) is 8.11. The van der Waals surface area contributed by atoms with Gasteiger partial charge in [0.1, 0.15) is 5.75 Å². The molecule has 4 nitrogen and oxygen atoms in total. The van der Waals surface area contributed by atoms with Crippen molar-refractivity contribution in [3.63, 3.8) is 0 Å².